The van der Waals surface area contributed by atoms with Crippen molar-refractivity contribution in [3.05, 3.63) is 65.7 Å². The molecule has 0 aromatic heterocycles. The molecule has 0 aliphatic rings. The summed E-state index contributed by atoms with van der Waals surface area (Å²) in [7, 11) is 0. The zero-order valence-corrected chi connectivity index (χ0v) is 11.5. The van der Waals surface area contributed by atoms with Gasteiger partial charge in [-0.2, -0.15) is 5.26 Å². The number of nitrogens with two attached hydrogens (primary N) is 1. The van der Waals surface area contributed by atoms with Gasteiger partial charge in [-0.05, 0) is 31.2 Å². The molecule has 2 aromatic carbocycles. The lowest BCUT2D eigenvalue weighted by Gasteiger charge is -2.31. The first-order valence-corrected chi connectivity index (χ1v) is 6.63. The smallest absolute Gasteiger partial charge is 0.138 e. The predicted molar refractivity (Wildman–Crippen MR) is 79.3 cm³/mol. The van der Waals surface area contributed by atoms with Crippen LogP contribution in [0, 0.1) is 11.3 Å². The summed E-state index contributed by atoms with van der Waals surface area (Å²) in [6.07, 6.45) is 0.677. The molecular weight excluding hydrogens is 248 g/mol. The topological polar surface area (TPSA) is 59.0 Å². The van der Waals surface area contributed by atoms with Crippen molar-refractivity contribution >= 4 is 0 Å². The summed E-state index contributed by atoms with van der Waals surface area (Å²) in [5, 5.41) is 9.16. The average Bonchev–Trinajstić information content (AvgIpc) is 2.49. The highest BCUT2D eigenvalue weighted by molar-refractivity contribution is 5.43. The number of ether oxygens (including phenoxy) is 1. The first-order valence-electron chi connectivity index (χ1n) is 6.63. The zero-order chi connectivity index (χ0) is 14.4. The van der Waals surface area contributed by atoms with E-state index in [0.29, 0.717) is 24.3 Å². The fourth-order valence-electron chi connectivity index (χ4n) is 2.21. The summed E-state index contributed by atoms with van der Waals surface area (Å²) in [5.74, 6) is 0.592. The molecule has 1 unspecified atom stereocenters. The summed E-state index contributed by atoms with van der Waals surface area (Å²) >= 11 is 0. The average molecular weight is 266 g/mol. The third-order valence-corrected chi connectivity index (χ3v) is 3.35. The van der Waals surface area contributed by atoms with Gasteiger partial charge in [0.2, 0.25) is 0 Å². The van der Waals surface area contributed by atoms with Crippen molar-refractivity contribution in [3.63, 3.8) is 0 Å². The number of nitriles is 1. The molecule has 3 nitrogen and oxygen atoms in total. The number of nitrogens with zero attached hydrogens (tertiary/aromatic N) is 1. The van der Waals surface area contributed by atoms with Crippen LogP contribution in [0.25, 0.3) is 0 Å². The molecule has 0 aliphatic heterocycles. The number of para-hydroxylation sites is 1. The van der Waals surface area contributed by atoms with Crippen LogP contribution in [0.5, 0.6) is 5.75 Å². The van der Waals surface area contributed by atoms with Crippen molar-refractivity contribution in [3.8, 4) is 11.8 Å². The molecule has 1 atom stereocenters. The van der Waals surface area contributed by atoms with Crippen molar-refractivity contribution in [1.82, 2.24) is 0 Å². The maximum atomic E-state index is 9.16. The van der Waals surface area contributed by atoms with E-state index in [0.717, 1.165) is 5.56 Å². The van der Waals surface area contributed by atoms with E-state index < -0.39 is 5.60 Å². The largest absolute Gasteiger partial charge is 0.481 e. The van der Waals surface area contributed by atoms with Crippen LogP contribution in [0.1, 0.15) is 24.5 Å². The maximum absolute atomic E-state index is 9.16. The highest BCUT2D eigenvalue weighted by Crippen LogP contribution is 2.32. The molecule has 2 rings (SSSR count). The molecule has 0 bridgehead atoms. The third-order valence-electron chi connectivity index (χ3n) is 3.35. The summed E-state index contributed by atoms with van der Waals surface area (Å²) in [6, 6.07) is 19.4. The molecule has 102 valence electrons. The molecule has 2 aromatic rings. The van der Waals surface area contributed by atoms with Gasteiger partial charge in [-0.3, -0.25) is 0 Å². The Balaban J connectivity index is 2.37. The van der Waals surface area contributed by atoms with Gasteiger partial charge in [-0.1, -0.05) is 42.5 Å². The highest BCUT2D eigenvalue weighted by Gasteiger charge is 2.28. The highest BCUT2D eigenvalue weighted by atomic mass is 16.5. The van der Waals surface area contributed by atoms with Crippen molar-refractivity contribution < 1.29 is 4.74 Å². The van der Waals surface area contributed by atoms with E-state index in [4.69, 9.17) is 15.7 Å². The van der Waals surface area contributed by atoms with Gasteiger partial charge < -0.3 is 10.5 Å². The van der Waals surface area contributed by atoms with Gasteiger partial charge in [0.15, 0.2) is 0 Å². The van der Waals surface area contributed by atoms with Crippen LogP contribution in [-0.4, -0.2) is 6.54 Å². The predicted octanol–water partition coefficient (Wildman–Crippen LogP) is 3.20. The van der Waals surface area contributed by atoms with Crippen LogP contribution in [0.3, 0.4) is 0 Å². The van der Waals surface area contributed by atoms with Crippen LogP contribution in [0.4, 0.5) is 0 Å². The van der Waals surface area contributed by atoms with Crippen molar-refractivity contribution in [2.75, 3.05) is 6.54 Å². The number of hydrogen-bond donors (Lipinski definition) is 1. The Kier molecular flexibility index (Phi) is 4.39. The SMILES string of the molecule is CC(CCN)(Oc1ccccc1C#N)c1ccccc1. The molecule has 0 spiro atoms. The monoisotopic (exact) mass is 266 g/mol. The number of rotatable bonds is 5. The van der Waals surface area contributed by atoms with E-state index in [2.05, 4.69) is 6.07 Å². The zero-order valence-electron chi connectivity index (χ0n) is 11.5. The Labute approximate surface area is 119 Å². The van der Waals surface area contributed by atoms with Crippen LogP contribution in [-0.2, 0) is 5.60 Å². The Morgan fingerprint density at radius 2 is 1.75 bits per heavy atom. The van der Waals surface area contributed by atoms with E-state index in [1.165, 1.54) is 0 Å². The Morgan fingerprint density at radius 1 is 1.10 bits per heavy atom. The van der Waals surface area contributed by atoms with Crippen molar-refractivity contribution in [1.29, 1.82) is 5.26 Å². The van der Waals surface area contributed by atoms with Gasteiger partial charge in [-0.25, -0.2) is 0 Å². The maximum Gasteiger partial charge on any atom is 0.138 e. The first-order chi connectivity index (χ1) is 9.69. The number of hydrogen-bond acceptors (Lipinski definition) is 3. The quantitative estimate of drug-likeness (QED) is 0.904. The first kappa shape index (κ1) is 14.1. The van der Waals surface area contributed by atoms with Crippen LogP contribution in [0.2, 0.25) is 0 Å². The third kappa shape index (κ3) is 2.98. The second-order valence-corrected chi connectivity index (χ2v) is 4.85. The molecular formula is C17H18N2O. The van der Waals surface area contributed by atoms with Crippen LogP contribution < -0.4 is 10.5 Å². The lowest BCUT2D eigenvalue weighted by atomic mass is 9.92. The molecule has 0 fully saturated rings. The van der Waals surface area contributed by atoms with Gasteiger partial charge in [0.05, 0.1) is 5.56 Å². The van der Waals surface area contributed by atoms with Crippen molar-refractivity contribution in [2.45, 2.75) is 18.9 Å². The molecule has 0 saturated heterocycles. The van der Waals surface area contributed by atoms with Gasteiger partial charge in [0.25, 0.3) is 0 Å². The molecule has 2 N–H and O–H groups in total. The van der Waals surface area contributed by atoms with Crippen molar-refractivity contribution in [2.24, 2.45) is 5.73 Å². The molecule has 0 heterocycles. The van der Waals surface area contributed by atoms with E-state index >= 15 is 0 Å². The molecule has 20 heavy (non-hydrogen) atoms. The second-order valence-electron chi connectivity index (χ2n) is 4.85. The minimum absolute atomic E-state index is 0.514. The molecule has 0 amide bonds. The fourth-order valence-corrected chi connectivity index (χ4v) is 2.21. The lowest BCUT2D eigenvalue weighted by Crippen LogP contribution is -2.32. The van der Waals surface area contributed by atoms with E-state index in [-0.39, 0.29) is 0 Å². The Bertz CT molecular complexity index is 604. The second kappa shape index (κ2) is 6.23. The standard InChI is InChI=1S/C17H18N2O/c1-17(11-12-18,15-8-3-2-4-9-15)20-16-10-6-5-7-14(16)13-19/h2-10H,11-12,18H2,1H3. The summed E-state index contributed by atoms with van der Waals surface area (Å²) in [5.41, 5.74) is 6.78. The van der Waals surface area contributed by atoms with Gasteiger partial charge in [0.1, 0.15) is 17.4 Å². The molecule has 0 aliphatic carbocycles. The fraction of sp³-hybridized carbons (Fsp3) is 0.235. The van der Waals surface area contributed by atoms with E-state index in [9.17, 15) is 0 Å². The molecule has 0 saturated carbocycles. The van der Waals surface area contributed by atoms with Crippen LogP contribution >= 0.6 is 0 Å². The normalized spacial score (nSPS) is 13.2. The van der Waals surface area contributed by atoms with E-state index in [1.807, 2.05) is 55.5 Å². The summed E-state index contributed by atoms with van der Waals surface area (Å²) in [4.78, 5) is 0. The minimum atomic E-state index is -0.539. The minimum Gasteiger partial charge on any atom is -0.481 e. The number of benzene rings is 2. The lowest BCUT2D eigenvalue weighted by molar-refractivity contribution is 0.0793. The van der Waals surface area contributed by atoms with Gasteiger partial charge >= 0.3 is 0 Å². The van der Waals surface area contributed by atoms with Crippen LogP contribution in [0.15, 0.2) is 54.6 Å². The molecule has 0 radical (unpaired) electrons. The van der Waals surface area contributed by atoms with Gasteiger partial charge in [0, 0.05) is 6.42 Å². The van der Waals surface area contributed by atoms with E-state index in [1.54, 1.807) is 6.07 Å². The molecule has 3 heteroatoms. The Morgan fingerprint density at radius 3 is 2.40 bits per heavy atom. The van der Waals surface area contributed by atoms with Gasteiger partial charge in [-0.15, -0.1) is 0 Å². The Hall–Kier alpha value is -2.31. The summed E-state index contributed by atoms with van der Waals surface area (Å²) in [6.45, 7) is 2.52. The summed E-state index contributed by atoms with van der Waals surface area (Å²) < 4.78 is 6.15.